The number of carboxylic acids is 1. The van der Waals surface area contributed by atoms with Crippen molar-refractivity contribution >= 4 is 17.3 Å². The Bertz CT molecular complexity index is 460. The Morgan fingerprint density at radius 3 is 2.12 bits per heavy atom. The van der Waals surface area contributed by atoms with Crippen LogP contribution in [0.2, 0.25) is 0 Å². The van der Waals surface area contributed by atoms with Crippen molar-refractivity contribution in [2.45, 2.75) is 0 Å². The number of aromatic hydroxyl groups is 1. The van der Waals surface area contributed by atoms with Gasteiger partial charge in [-0.15, -0.1) is 0 Å². The number of hydrogen-bond acceptors (Lipinski definition) is 4. The Balaban J connectivity index is 3.57. The molecule has 2 N–H and O–H groups in total. The summed E-state index contributed by atoms with van der Waals surface area (Å²) in [5.41, 5.74) is -0.775. The topological polar surface area (TPSA) is 97.7 Å². The lowest BCUT2D eigenvalue weighted by molar-refractivity contribution is -0.437. The highest BCUT2D eigenvalue weighted by Crippen LogP contribution is 2.33. The second-order valence-electron chi connectivity index (χ2n) is 3.16. The first-order chi connectivity index (χ1) is 7.34. The van der Waals surface area contributed by atoms with Gasteiger partial charge in [0.25, 0.3) is 5.69 Å². The van der Waals surface area contributed by atoms with Crippen LogP contribution in [-0.2, 0) is 0 Å². The highest BCUT2D eigenvalue weighted by molar-refractivity contribution is 5.93. The summed E-state index contributed by atoms with van der Waals surface area (Å²) < 4.78 is 0.688. The van der Waals surface area contributed by atoms with E-state index >= 15 is 0 Å². The molecule has 0 atom stereocenters. The molecule has 7 heteroatoms. The number of carboxylic acid groups (broad SMARTS) is 1. The molecule has 1 rings (SSSR count). The maximum absolute atomic E-state index is 11.1. The lowest BCUT2D eigenvalue weighted by Crippen LogP contribution is -2.03. The molecular weight excluding hydrogens is 216 g/mol. The SMILES string of the molecule is C[N+](=O)c1cc(C(=O)O)c(O)c([N+](C)=O)c1. The number of nitrogens with zero attached hydrogens (tertiary/aromatic N) is 2. The summed E-state index contributed by atoms with van der Waals surface area (Å²) in [7, 11) is 2.25. The predicted molar refractivity (Wildman–Crippen MR) is 53.5 cm³/mol. The zero-order valence-electron chi connectivity index (χ0n) is 8.67. The summed E-state index contributed by atoms with van der Waals surface area (Å²) >= 11 is 0. The Hall–Kier alpha value is -2.31. The number of benzene rings is 1. The normalized spacial score (nSPS) is 9.88. The quantitative estimate of drug-likeness (QED) is 0.754. The third-order valence-electron chi connectivity index (χ3n) is 2.01. The first-order valence-corrected chi connectivity index (χ1v) is 4.26. The molecule has 0 unspecified atom stereocenters. The maximum atomic E-state index is 11.1. The van der Waals surface area contributed by atoms with Crippen LogP contribution in [-0.4, -0.2) is 39.8 Å². The molecule has 0 aliphatic carbocycles. The first-order valence-electron chi connectivity index (χ1n) is 4.26. The zero-order valence-corrected chi connectivity index (χ0v) is 8.67. The van der Waals surface area contributed by atoms with Crippen LogP contribution in [0.1, 0.15) is 10.4 Å². The van der Waals surface area contributed by atoms with Crippen LogP contribution in [0.4, 0.5) is 11.4 Å². The van der Waals surface area contributed by atoms with Gasteiger partial charge in [0.15, 0.2) is 14.1 Å². The van der Waals surface area contributed by atoms with Crippen molar-refractivity contribution in [1.29, 1.82) is 0 Å². The number of hydrogen-bond donors (Lipinski definition) is 2. The highest BCUT2D eigenvalue weighted by Gasteiger charge is 2.27. The Morgan fingerprint density at radius 1 is 1.19 bits per heavy atom. The second kappa shape index (κ2) is 4.05. The third kappa shape index (κ3) is 2.02. The van der Waals surface area contributed by atoms with E-state index in [4.69, 9.17) is 5.11 Å². The molecule has 1 aromatic rings. The maximum Gasteiger partial charge on any atom is 0.340 e. The van der Waals surface area contributed by atoms with Crippen molar-refractivity contribution in [2.24, 2.45) is 0 Å². The monoisotopic (exact) mass is 226 g/mol. The third-order valence-corrected chi connectivity index (χ3v) is 2.01. The van der Waals surface area contributed by atoms with Crippen molar-refractivity contribution < 1.29 is 24.5 Å². The molecule has 16 heavy (non-hydrogen) atoms. The summed E-state index contributed by atoms with van der Waals surface area (Å²) in [6.07, 6.45) is 0. The van der Waals surface area contributed by atoms with Crippen molar-refractivity contribution in [3.63, 3.8) is 0 Å². The molecule has 0 aromatic heterocycles. The van der Waals surface area contributed by atoms with E-state index in [1.165, 1.54) is 0 Å². The number of rotatable bonds is 3. The van der Waals surface area contributed by atoms with E-state index in [-0.39, 0.29) is 16.1 Å². The van der Waals surface area contributed by atoms with E-state index in [0.717, 1.165) is 26.2 Å². The number of aromatic carboxylic acids is 1. The van der Waals surface area contributed by atoms with E-state index in [1.54, 1.807) is 0 Å². The molecule has 84 valence electrons. The second-order valence-corrected chi connectivity index (χ2v) is 3.16. The number of phenols is 1. The fourth-order valence-electron chi connectivity index (χ4n) is 1.19. The average Bonchev–Trinajstić information content (AvgIpc) is 2.16. The van der Waals surface area contributed by atoms with Crippen LogP contribution in [0, 0.1) is 9.81 Å². The lowest BCUT2D eigenvalue weighted by Gasteiger charge is -1.99. The average molecular weight is 226 g/mol. The van der Waals surface area contributed by atoms with Gasteiger partial charge in [0, 0.05) is 25.4 Å². The van der Waals surface area contributed by atoms with Gasteiger partial charge in [-0.25, -0.2) is 4.79 Å². The van der Waals surface area contributed by atoms with Gasteiger partial charge in [-0.2, -0.15) is 0 Å². The summed E-state index contributed by atoms with van der Waals surface area (Å²) in [6.45, 7) is 0. The molecule has 0 spiro atoms. The van der Waals surface area contributed by atoms with E-state index in [9.17, 15) is 19.7 Å². The molecule has 1 aromatic carbocycles. The fourth-order valence-corrected chi connectivity index (χ4v) is 1.19. The van der Waals surface area contributed by atoms with Crippen LogP contribution in [0.15, 0.2) is 12.1 Å². The van der Waals surface area contributed by atoms with E-state index < -0.39 is 17.3 Å². The van der Waals surface area contributed by atoms with Gasteiger partial charge in [-0.3, -0.25) is 0 Å². The molecular formula is C9H10N2O5+2. The number of carbonyl (C=O) groups is 1. The van der Waals surface area contributed by atoms with Crippen molar-refractivity contribution in [2.75, 3.05) is 14.1 Å². The van der Waals surface area contributed by atoms with Crippen LogP contribution < -0.4 is 0 Å². The van der Waals surface area contributed by atoms with Gasteiger partial charge in [-0.1, -0.05) is 0 Å². The van der Waals surface area contributed by atoms with Crippen molar-refractivity contribution in [3.8, 4) is 5.75 Å². The Morgan fingerprint density at radius 2 is 1.75 bits per heavy atom. The van der Waals surface area contributed by atoms with Crippen LogP contribution in [0.5, 0.6) is 5.75 Å². The smallest absolute Gasteiger partial charge is 0.340 e. The summed E-state index contributed by atoms with van der Waals surface area (Å²) in [4.78, 5) is 32.9. The Kier molecular flexibility index (Phi) is 2.98. The summed E-state index contributed by atoms with van der Waals surface area (Å²) in [5.74, 6) is -2.07. The van der Waals surface area contributed by atoms with Gasteiger partial charge in [-0.05, 0) is 0 Å². The number of nitroso groups, excluding NO2 is 2. The first kappa shape index (κ1) is 11.8. The molecule has 0 bridgehead atoms. The molecule has 0 radical (unpaired) electrons. The summed E-state index contributed by atoms with van der Waals surface area (Å²) in [6, 6.07) is 2.11. The highest BCUT2D eigenvalue weighted by atomic mass is 16.4. The van der Waals surface area contributed by atoms with Gasteiger partial charge in [0.1, 0.15) is 5.56 Å². The molecule has 0 saturated heterocycles. The lowest BCUT2D eigenvalue weighted by atomic mass is 10.1. The summed E-state index contributed by atoms with van der Waals surface area (Å²) in [5, 5.41) is 18.3. The van der Waals surface area contributed by atoms with Crippen LogP contribution >= 0.6 is 0 Å². The van der Waals surface area contributed by atoms with E-state index in [0.29, 0.717) is 4.76 Å². The van der Waals surface area contributed by atoms with Crippen LogP contribution in [0.3, 0.4) is 0 Å². The predicted octanol–water partition coefficient (Wildman–Crippen LogP) is 1.17. The standard InChI is InChI=1S/C9H8N2O5/c1-10(15)5-3-6(9(13)14)8(12)7(4-5)11(2)16/h3-4H,1-2H3/p+2. The van der Waals surface area contributed by atoms with Gasteiger partial charge < -0.3 is 10.2 Å². The minimum atomic E-state index is -1.41. The largest absolute Gasteiger partial charge is 0.502 e. The molecule has 0 fully saturated rings. The molecule has 7 nitrogen and oxygen atoms in total. The Labute approximate surface area is 90.1 Å². The minimum absolute atomic E-state index is 0.0205. The van der Waals surface area contributed by atoms with Gasteiger partial charge in [0.05, 0.1) is 6.07 Å². The van der Waals surface area contributed by atoms with Gasteiger partial charge >= 0.3 is 11.7 Å². The van der Waals surface area contributed by atoms with Gasteiger partial charge in [0.2, 0.25) is 5.75 Å². The molecule has 0 heterocycles. The zero-order chi connectivity index (χ0) is 12.5. The minimum Gasteiger partial charge on any atom is -0.502 e. The molecule has 0 aliphatic rings. The molecule has 0 saturated carbocycles. The van der Waals surface area contributed by atoms with Crippen molar-refractivity contribution in [1.82, 2.24) is 0 Å². The van der Waals surface area contributed by atoms with E-state index in [1.807, 2.05) is 0 Å². The van der Waals surface area contributed by atoms with Crippen molar-refractivity contribution in [3.05, 3.63) is 27.5 Å². The molecule has 0 aliphatic heterocycles. The van der Waals surface area contributed by atoms with Crippen LogP contribution in [0.25, 0.3) is 0 Å². The fraction of sp³-hybridized carbons (Fsp3) is 0.222. The van der Waals surface area contributed by atoms with E-state index in [2.05, 4.69) is 0 Å². The molecule has 0 amide bonds.